The molecule has 2 rings (SSSR count). The quantitative estimate of drug-likeness (QED) is 0.469. The van der Waals surface area contributed by atoms with Crippen LogP contribution in [0.25, 0.3) is 0 Å². The standard InChI is InChI=1S/C19H24N2O6S/c1-12-16(18(24)26-3)17(20-19(28)21(12)9-11-25-2)13-4-6-14(7-5-13)27-10-8-15(22)23/h4-7,17H,8-11H2,1-3H3,(H,20,28)(H,22,23)/t17-/m1/s1. The molecule has 0 saturated heterocycles. The van der Waals surface area contributed by atoms with Crippen molar-refractivity contribution in [3.63, 3.8) is 0 Å². The largest absolute Gasteiger partial charge is 0.493 e. The third-order valence-electron chi connectivity index (χ3n) is 4.32. The van der Waals surface area contributed by atoms with Crippen molar-refractivity contribution in [2.24, 2.45) is 0 Å². The highest BCUT2D eigenvalue weighted by Crippen LogP contribution is 2.32. The maximum Gasteiger partial charge on any atom is 0.337 e. The molecular formula is C19H24N2O6S. The number of rotatable bonds is 9. The second kappa shape index (κ2) is 10.0. The normalized spacial score (nSPS) is 16.6. The summed E-state index contributed by atoms with van der Waals surface area (Å²) in [6.45, 7) is 2.88. The Kier molecular flexibility index (Phi) is 7.77. The zero-order chi connectivity index (χ0) is 20.7. The summed E-state index contributed by atoms with van der Waals surface area (Å²) < 4.78 is 15.5. The van der Waals surface area contributed by atoms with Gasteiger partial charge >= 0.3 is 11.9 Å². The summed E-state index contributed by atoms with van der Waals surface area (Å²) >= 11 is 5.47. The molecule has 0 unspecified atom stereocenters. The average Bonchev–Trinajstić information content (AvgIpc) is 2.67. The molecule has 1 aliphatic rings. The van der Waals surface area contributed by atoms with E-state index in [0.29, 0.717) is 35.3 Å². The molecule has 9 heteroatoms. The topological polar surface area (TPSA) is 97.3 Å². The molecule has 152 valence electrons. The number of benzene rings is 1. The van der Waals surface area contributed by atoms with E-state index in [4.69, 9.17) is 31.5 Å². The number of carbonyl (C=O) groups excluding carboxylic acids is 1. The fourth-order valence-electron chi connectivity index (χ4n) is 2.87. The third kappa shape index (κ3) is 5.20. The number of thiocarbonyl (C=S) groups is 1. The van der Waals surface area contributed by atoms with E-state index in [9.17, 15) is 9.59 Å². The summed E-state index contributed by atoms with van der Waals surface area (Å²) in [6, 6.07) is 6.59. The van der Waals surface area contributed by atoms with E-state index in [1.54, 1.807) is 31.4 Å². The van der Waals surface area contributed by atoms with Crippen molar-refractivity contribution < 1.29 is 28.9 Å². The first-order chi connectivity index (χ1) is 13.4. The minimum Gasteiger partial charge on any atom is -0.493 e. The van der Waals surface area contributed by atoms with E-state index in [0.717, 1.165) is 5.56 Å². The van der Waals surface area contributed by atoms with Gasteiger partial charge in [-0.15, -0.1) is 0 Å². The zero-order valence-electron chi connectivity index (χ0n) is 16.1. The number of aliphatic carboxylic acids is 1. The van der Waals surface area contributed by atoms with Crippen LogP contribution in [0.15, 0.2) is 35.5 Å². The van der Waals surface area contributed by atoms with E-state index in [-0.39, 0.29) is 13.0 Å². The lowest BCUT2D eigenvalue weighted by Crippen LogP contribution is -2.48. The molecule has 0 fully saturated rings. The highest BCUT2D eigenvalue weighted by atomic mass is 32.1. The molecule has 28 heavy (non-hydrogen) atoms. The van der Waals surface area contributed by atoms with Gasteiger partial charge in [0.05, 0.1) is 38.4 Å². The summed E-state index contributed by atoms with van der Waals surface area (Å²) in [5.41, 5.74) is 1.98. The summed E-state index contributed by atoms with van der Waals surface area (Å²) in [4.78, 5) is 24.8. The van der Waals surface area contributed by atoms with Crippen LogP contribution in [0.5, 0.6) is 5.75 Å². The van der Waals surface area contributed by atoms with Gasteiger partial charge < -0.3 is 29.5 Å². The molecule has 1 atom stereocenters. The molecule has 1 aromatic carbocycles. The number of allylic oxidation sites excluding steroid dienone is 1. The van der Waals surface area contributed by atoms with Gasteiger partial charge in [-0.05, 0) is 36.8 Å². The van der Waals surface area contributed by atoms with Crippen molar-refractivity contribution in [3.05, 3.63) is 41.1 Å². The van der Waals surface area contributed by atoms with E-state index >= 15 is 0 Å². The highest BCUT2D eigenvalue weighted by molar-refractivity contribution is 7.80. The van der Waals surface area contributed by atoms with Crippen molar-refractivity contribution in [1.82, 2.24) is 10.2 Å². The van der Waals surface area contributed by atoms with Crippen LogP contribution >= 0.6 is 12.2 Å². The minimum atomic E-state index is -0.919. The van der Waals surface area contributed by atoms with Crippen LogP contribution in [0, 0.1) is 0 Å². The smallest absolute Gasteiger partial charge is 0.337 e. The van der Waals surface area contributed by atoms with Gasteiger partial charge in [0.15, 0.2) is 5.11 Å². The van der Waals surface area contributed by atoms with Crippen LogP contribution in [-0.4, -0.2) is 61.0 Å². The van der Waals surface area contributed by atoms with Crippen molar-refractivity contribution in [2.45, 2.75) is 19.4 Å². The fraction of sp³-hybridized carbons (Fsp3) is 0.421. The van der Waals surface area contributed by atoms with Gasteiger partial charge in [-0.3, -0.25) is 4.79 Å². The van der Waals surface area contributed by atoms with Crippen molar-refractivity contribution in [1.29, 1.82) is 0 Å². The highest BCUT2D eigenvalue weighted by Gasteiger charge is 2.34. The van der Waals surface area contributed by atoms with Gasteiger partial charge in [0.1, 0.15) is 5.75 Å². The van der Waals surface area contributed by atoms with Gasteiger partial charge in [0.25, 0.3) is 0 Å². The Hall–Kier alpha value is -2.65. The Bertz CT molecular complexity index is 762. The molecule has 1 aromatic rings. The van der Waals surface area contributed by atoms with E-state index in [1.165, 1.54) is 7.11 Å². The van der Waals surface area contributed by atoms with Gasteiger partial charge in [0.2, 0.25) is 0 Å². The number of carboxylic acids is 1. The van der Waals surface area contributed by atoms with Crippen molar-refractivity contribution in [3.8, 4) is 5.75 Å². The van der Waals surface area contributed by atoms with Crippen LogP contribution in [0.2, 0.25) is 0 Å². The number of nitrogens with zero attached hydrogens (tertiary/aromatic N) is 1. The Balaban J connectivity index is 2.27. The van der Waals surface area contributed by atoms with Crippen LogP contribution in [-0.2, 0) is 19.1 Å². The molecule has 1 heterocycles. The van der Waals surface area contributed by atoms with Crippen LogP contribution < -0.4 is 10.1 Å². The summed E-state index contributed by atoms with van der Waals surface area (Å²) in [5.74, 6) is -0.815. The molecule has 0 aliphatic carbocycles. The predicted octanol–water partition coefficient (Wildman–Crippen LogP) is 1.86. The number of nitrogens with one attached hydrogen (secondary N) is 1. The molecule has 2 N–H and O–H groups in total. The lowest BCUT2D eigenvalue weighted by Gasteiger charge is -2.37. The second-order valence-corrected chi connectivity index (χ2v) is 6.47. The fourth-order valence-corrected chi connectivity index (χ4v) is 3.22. The van der Waals surface area contributed by atoms with Crippen molar-refractivity contribution >= 4 is 29.3 Å². The first kappa shape index (κ1) is 21.6. The number of carboxylic acid groups (broad SMARTS) is 1. The first-order valence-electron chi connectivity index (χ1n) is 8.69. The molecule has 0 radical (unpaired) electrons. The summed E-state index contributed by atoms with van der Waals surface area (Å²) in [7, 11) is 2.94. The van der Waals surface area contributed by atoms with Crippen LogP contribution in [0.1, 0.15) is 24.9 Å². The molecule has 0 bridgehead atoms. The van der Waals surface area contributed by atoms with Gasteiger partial charge in [-0.25, -0.2) is 4.79 Å². The SMILES string of the molecule is COCCN1C(=S)N[C@H](c2ccc(OCCC(=O)O)cc2)C(C(=O)OC)=C1C. The zero-order valence-corrected chi connectivity index (χ0v) is 16.9. The Labute approximate surface area is 169 Å². The molecule has 0 aromatic heterocycles. The first-order valence-corrected chi connectivity index (χ1v) is 9.10. The van der Waals surface area contributed by atoms with E-state index in [2.05, 4.69) is 5.32 Å². The minimum absolute atomic E-state index is 0.0774. The lowest BCUT2D eigenvalue weighted by molar-refractivity contribution is -0.138. The summed E-state index contributed by atoms with van der Waals surface area (Å²) in [6.07, 6.45) is -0.0774. The van der Waals surface area contributed by atoms with Crippen LogP contribution in [0.3, 0.4) is 0 Å². The molecule has 1 aliphatic heterocycles. The molecular weight excluding hydrogens is 384 g/mol. The van der Waals surface area contributed by atoms with Crippen molar-refractivity contribution in [2.75, 3.05) is 34.0 Å². The Morgan fingerprint density at radius 2 is 1.89 bits per heavy atom. The number of carbonyl (C=O) groups is 2. The van der Waals surface area contributed by atoms with E-state index < -0.39 is 18.0 Å². The van der Waals surface area contributed by atoms with Crippen LogP contribution in [0.4, 0.5) is 0 Å². The van der Waals surface area contributed by atoms with Gasteiger partial charge in [-0.1, -0.05) is 12.1 Å². The van der Waals surface area contributed by atoms with E-state index in [1.807, 2.05) is 11.8 Å². The number of esters is 1. The number of ether oxygens (including phenoxy) is 3. The lowest BCUT2D eigenvalue weighted by atomic mass is 9.95. The molecule has 0 spiro atoms. The third-order valence-corrected chi connectivity index (χ3v) is 4.66. The molecule has 0 amide bonds. The Morgan fingerprint density at radius 3 is 2.46 bits per heavy atom. The van der Waals surface area contributed by atoms with Gasteiger partial charge in [0, 0.05) is 19.4 Å². The van der Waals surface area contributed by atoms with Gasteiger partial charge in [-0.2, -0.15) is 0 Å². The number of hydrogen-bond acceptors (Lipinski definition) is 6. The maximum absolute atomic E-state index is 12.5. The second-order valence-electron chi connectivity index (χ2n) is 6.08. The monoisotopic (exact) mass is 408 g/mol. The molecule has 0 saturated carbocycles. The predicted molar refractivity (Wildman–Crippen MR) is 106 cm³/mol. The maximum atomic E-state index is 12.5. The average molecular weight is 408 g/mol. The number of hydrogen-bond donors (Lipinski definition) is 2. The summed E-state index contributed by atoms with van der Waals surface area (Å²) in [5, 5.41) is 12.4. The molecule has 8 nitrogen and oxygen atoms in total. The number of methoxy groups -OCH3 is 2. The Morgan fingerprint density at radius 1 is 1.21 bits per heavy atom.